The fourth-order valence-electron chi connectivity index (χ4n) is 2.49. The number of nitrogens with zero attached hydrogens (tertiary/aromatic N) is 3. The van der Waals surface area contributed by atoms with E-state index in [-0.39, 0.29) is 5.82 Å². The van der Waals surface area contributed by atoms with E-state index in [4.69, 9.17) is 0 Å². The van der Waals surface area contributed by atoms with Gasteiger partial charge in [0.2, 0.25) is 0 Å². The molecule has 0 saturated carbocycles. The van der Waals surface area contributed by atoms with E-state index in [1.165, 1.54) is 6.07 Å². The zero-order valence-electron chi connectivity index (χ0n) is 10.7. The molecule has 0 unspecified atom stereocenters. The summed E-state index contributed by atoms with van der Waals surface area (Å²) in [6.45, 7) is 0. The van der Waals surface area contributed by atoms with Crippen molar-refractivity contribution >= 4 is 32.3 Å². The van der Waals surface area contributed by atoms with Crippen LogP contribution in [0.1, 0.15) is 0 Å². The number of rotatable bonds is 1. The van der Waals surface area contributed by atoms with Crippen LogP contribution in [0.2, 0.25) is 0 Å². The van der Waals surface area contributed by atoms with Crippen LogP contribution in [0, 0.1) is 5.82 Å². The van der Waals surface area contributed by atoms with Crippen LogP contribution in [0.5, 0.6) is 0 Å². The summed E-state index contributed by atoms with van der Waals surface area (Å²) < 4.78 is 16.9. The maximum atomic E-state index is 14.2. The molecule has 4 rings (SSSR count). The zero-order chi connectivity index (χ0) is 13.7. The summed E-state index contributed by atoms with van der Waals surface area (Å²) in [6, 6.07) is 5.53. The molecule has 0 N–H and O–H groups in total. The largest absolute Gasteiger partial charge is 0.274 e. The number of hydrogen-bond donors (Lipinski definition) is 0. The standard InChI is InChI=1S/C15H10FN3S/c1-19-8-10-4-9(5-13(16)15(10)18-19)12-6-17-7-14-11(12)2-3-20-14/h2-8H,1H3. The minimum atomic E-state index is -0.301. The van der Waals surface area contributed by atoms with Gasteiger partial charge in [-0.2, -0.15) is 5.10 Å². The van der Waals surface area contributed by atoms with Crippen LogP contribution >= 0.6 is 11.3 Å². The van der Waals surface area contributed by atoms with Gasteiger partial charge in [-0.1, -0.05) is 0 Å². The molecule has 3 nitrogen and oxygen atoms in total. The van der Waals surface area contributed by atoms with Gasteiger partial charge < -0.3 is 0 Å². The lowest BCUT2D eigenvalue weighted by molar-refractivity contribution is 0.633. The fraction of sp³-hybridized carbons (Fsp3) is 0.0667. The Hall–Kier alpha value is -2.27. The van der Waals surface area contributed by atoms with E-state index in [0.29, 0.717) is 5.52 Å². The highest BCUT2D eigenvalue weighted by atomic mass is 32.1. The molecule has 0 atom stereocenters. The van der Waals surface area contributed by atoms with Gasteiger partial charge in [0.15, 0.2) is 5.82 Å². The lowest BCUT2D eigenvalue weighted by Crippen LogP contribution is -1.87. The molecule has 20 heavy (non-hydrogen) atoms. The molecule has 0 spiro atoms. The maximum absolute atomic E-state index is 14.2. The van der Waals surface area contributed by atoms with Crippen molar-refractivity contribution in [1.29, 1.82) is 0 Å². The molecule has 98 valence electrons. The number of halogens is 1. The maximum Gasteiger partial charge on any atom is 0.151 e. The Balaban J connectivity index is 2.04. The molecule has 0 aliphatic rings. The van der Waals surface area contributed by atoms with Gasteiger partial charge in [-0.05, 0) is 29.1 Å². The molecule has 3 aromatic heterocycles. The summed E-state index contributed by atoms with van der Waals surface area (Å²) in [5, 5.41) is 8.06. The third kappa shape index (κ3) is 1.63. The van der Waals surface area contributed by atoms with Crippen molar-refractivity contribution in [2.75, 3.05) is 0 Å². The highest BCUT2D eigenvalue weighted by molar-refractivity contribution is 7.17. The van der Waals surface area contributed by atoms with E-state index >= 15 is 0 Å². The van der Waals surface area contributed by atoms with Crippen molar-refractivity contribution in [1.82, 2.24) is 14.8 Å². The first-order valence-corrected chi connectivity index (χ1v) is 7.05. The van der Waals surface area contributed by atoms with Gasteiger partial charge >= 0.3 is 0 Å². The monoisotopic (exact) mass is 283 g/mol. The molecule has 1 aromatic carbocycles. The van der Waals surface area contributed by atoms with Crippen LogP contribution in [0.25, 0.3) is 32.1 Å². The molecule has 4 aromatic rings. The number of aromatic nitrogens is 3. The molecule has 0 aliphatic carbocycles. The van der Waals surface area contributed by atoms with Gasteiger partial charge in [-0.15, -0.1) is 11.3 Å². The van der Waals surface area contributed by atoms with E-state index in [2.05, 4.69) is 10.1 Å². The van der Waals surface area contributed by atoms with Crippen LogP contribution < -0.4 is 0 Å². The second-order valence-electron chi connectivity index (χ2n) is 4.72. The predicted octanol–water partition coefficient (Wildman–Crippen LogP) is 3.99. The van der Waals surface area contributed by atoms with Crippen LogP contribution in [0.4, 0.5) is 4.39 Å². The van der Waals surface area contributed by atoms with Gasteiger partial charge in [0.1, 0.15) is 5.52 Å². The van der Waals surface area contributed by atoms with Crippen molar-refractivity contribution in [2.45, 2.75) is 0 Å². The Kier molecular flexibility index (Phi) is 2.37. The SMILES string of the molecule is Cn1cc2cc(-c3cncc4sccc34)cc(F)c2n1. The Labute approximate surface area is 118 Å². The molecule has 5 heteroatoms. The summed E-state index contributed by atoms with van der Waals surface area (Å²) >= 11 is 1.64. The highest BCUT2D eigenvalue weighted by Crippen LogP contribution is 2.33. The summed E-state index contributed by atoms with van der Waals surface area (Å²) in [6.07, 6.45) is 5.44. The molecule has 0 radical (unpaired) electrons. The number of pyridine rings is 1. The minimum absolute atomic E-state index is 0.301. The average molecular weight is 283 g/mol. The Morgan fingerprint density at radius 3 is 3.05 bits per heavy atom. The van der Waals surface area contributed by atoms with Gasteiger partial charge in [0.05, 0.1) is 4.70 Å². The first-order chi connectivity index (χ1) is 9.72. The van der Waals surface area contributed by atoms with Crippen LogP contribution in [0.15, 0.2) is 42.2 Å². The molecule has 0 aliphatic heterocycles. The average Bonchev–Trinajstić information content (AvgIpc) is 3.03. The van der Waals surface area contributed by atoms with Crippen LogP contribution in [-0.2, 0) is 7.05 Å². The first-order valence-electron chi connectivity index (χ1n) is 6.17. The second-order valence-corrected chi connectivity index (χ2v) is 5.67. The smallest absolute Gasteiger partial charge is 0.151 e. The zero-order valence-corrected chi connectivity index (χ0v) is 11.5. The summed E-state index contributed by atoms with van der Waals surface area (Å²) in [4.78, 5) is 4.24. The summed E-state index contributed by atoms with van der Waals surface area (Å²) in [5.41, 5.74) is 2.19. The first kappa shape index (κ1) is 11.5. The van der Waals surface area contributed by atoms with Gasteiger partial charge in [-0.3, -0.25) is 9.67 Å². The summed E-state index contributed by atoms with van der Waals surface area (Å²) in [7, 11) is 1.79. The number of thiophene rings is 1. The molecule has 3 heterocycles. The fourth-order valence-corrected chi connectivity index (χ4v) is 3.27. The molecular weight excluding hydrogens is 273 g/mol. The van der Waals surface area contributed by atoms with E-state index < -0.39 is 0 Å². The van der Waals surface area contributed by atoms with E-state index in [0.717, 1.165) is 26.6 Å². The van der Waals surface area contributed by atoms with E-state index in [1.54, 1.807) is 29.3 Å². The quantitative estimate of drug-likeness (QED) is 0.529. The predicted molar refractivity (Wildman–Crippen MR) is 79.3 cm³/mol. The van der Waals surface area contributed by atoms with E-state index in [1.807, 2.05) is 29.9 Å². The van der Waals surface area contributed by atoms with Gasteiger partial charge in [-0.25, -0.2) is 4.39 Å². The van der Waals surface area contributed by atoms with Crippen LogP contribution in [-0.4, -0.2) is 14.8 Å². The van der Waals surface area contributed by atoms with Crippen molar-refractivity contribution in [3.8, 4) is 11.1 Å². The minimum Gasteiger partial charge on any atom is -0.274 e. The second kappa shape index (κ2) is 4.11. The van der Waals surface area contributed by atoms with Gasteiger partial charge in [0, 0.05) is 42.0 Å². The number of fused-ring (bicyclic) bond motifs is 2. The van der Waals surface area contributed by atoms with Crippen molar-refractivity contribution in [3.05, 3.63) is 48.0 Å². The van der Waals surface area contributed by atoms with Gasteiger partial charge in [0.25, 0.3) is 0 Å². The molecule has 0 saturated heterocycles. The third-order valence-electron chi connectivity index (χ3n) is 3.37. The van der Waals surface area contributed by atoms with Crippen molar-refractivity contribution < 1.29 is 4.39 Å². The van der Waals surface area contributed by atoms with Crippen molar-refractivity contribution in [2.24, 2.45) is 7.05 Å². The van der Waals surface area contributed by atoms with E-state index in [9.17, 15) is 4.39 Å². The lowest BCUT2D eigenvalue weighted by atomic mass is 10.0. The van der Waals surface area contributed by atoms with Crippen LogP contribution in [0.3, 0.4) is 0 Å². The number of aryl methyl sites for hydroxylation is 1. The Bertz CT molecular complexity index is 939. The van der Waals surface area contributed by atoms with Crippen molar-refractivity contribution in [3.63, 3.8) is 0 Å². The summed E-state index contributed by atoms with van der Waals surface area (Å²) in [5.74, 6) is -0.301. The topological polar surface area (TPSA) is 30.7 Å². The number of benzene rings is 1. The Morgan fingerprint density at radius 2 is 2.15 bits per heavy atom. The molecule has 0 fully saturated rings. The number of hydrogen-bond acceptors (Lipinski definition) is 3. The molecule has 0 amide bonds. The molecule has 0 bridgehead atoms. The third-order valence-corrected chi connectivity index (χ3v) is 4.22. The normalized spacial score (nSPS) is 11.5. The Morgan fingerprint density at radius 1 is 1.25 bits per heavy atom. The highest BCUT2D eigenvalue weighted by Gasteiger charge is 2.11. The lowest BCUT2D eigenvalue weighted by Gasteiger charge is -2.04. The molecular formula is C15H10FN3S.